The summed E-state index contributed by atoms with van der Waals surface area (Å²) in [6.07, 6.45) is 3.54. The Morgan fingerprint density at radius 1 is 1.44 bits per heavy atom. The number of benzene rings is 1. The largest absolute Gasteiger partial charge is 0.398 e. The number of aryl methyl sites for hydroxylation is 2. The topological polar surface area (TPSA) is 72.9 Å². The number of nitrogens with two attached hydrogens (primary N) is 1. The molecule has 1 heterocycles. The first-order valence-electron chi connectivity index (χ1n) is 5.69. The average Bonchev–Trinajstić information content (AvgIpc) is 2.69. The molecule has 5 nitrogen and oxygen atoms in total. The van der Waals surface area contributed by atoms with Crippen LogP contribution in [0.1, 0.15) is 11.1 Å². The second-order valence-corrected chi connectivity index (χ2v) is 4.33. The van der Waals surface area contributed by atoms with E-state index in [-0.39, 0.29) is 12.5 Å². The lowest BCUT2D eigenvalue weighted by Crippen LogP contribution is -2.19. The number of rotatable bonds is 3. The first-order chi connectivity index (χ1) is 8.54. The zero-order valence-corrected chi connectivity index (χ0v) is 10.5. The zero-order valence-electron chi connectivity index (χ0n) is 10.5. The fraction of sp³-hybridized carbons (Fsp3) is 0.231. The van der Waals surface area contributed by atoms with E-state index in [2.05, 4.69) is 10.4 Å². The molecular weight excluding hydrogens is 228 g/mol. The van der Waals surface area contributed by atoms with Crippen LogP contribution in [0.15, 0.2) is 30.6 Å². The van der Waals surface area contributed by atoms with Gasteiger partial charge in [-0.2, -0.15) is 5.10 Å². The summed E-state index contributed by atoms with van der Waals surface area (Å²) in [6.45, 7) is 4.05. The molecule has 0 aliphatic rings. The standard InChI is InChI=1S/C13H16N4O/c1-9-6-15-17(7-9)8-13(18)16-11-4-3-10(2)12(14)5-11/h3-7H,8,14H2,1-2H3,(H,16,18). The fourth-order valence-electron chi connectivity index (χ4n) is 1.62. The van der Waals surface area contributed by atoms with E-state index in [1.165, 1.54) is 0 Å². The van der Waals surface area contributed by atoms with E-state index < -0.39 is 0 Å². The van der Waals surface area contributed by atoms with E-state index in [0.29, 0.717) is 11.4 Å². The van der Waals surface area contributed by atoms with Crippen molar-refractivity contribution < 1.29 is 4.79 Å². The molecule has 2 rings (SSSR count). The Kier molecular flexibility index (Phi) is 3.32. The lowest BCUT2D eigenvalue weighted by molar-refractivity contribution is -0.116. The van der Waals surface area contributed by atoms with Crippen LogP contribution in [0.5, 0.6) is 0 Å². The summed E-state index contributed by atoms with van der Waals surface area (Å²) in [5.41, 5.74) is 9.18. The van der Waals surface area contributed by atoms with E-state index in [9.17, 15) is 4.79 Å². The molecule has 0 unspecified atom stereocenters. The molecule has 1 aromatic heterocycles. The fourth-order valence-corrected chi connectivity index (χ4v) is 1.62. The predicted octanol–water partition coefficient (Wildman–Crippen LogP) is 1.72. The van der Waals surface area contributed by atoms with Gasteiger partial charge >= 0.3 is 0 Å². The van der Waals surface area contributed by atoms with Gasteiger partial charge in [-0.1, -0.05) is 6.07 Å². The molecule has 0 atom stereocenters. The number of nitrogens with zero attached hydrogens (tertiary/aromatic N) is 2. The van der Waals surface area contributed by atoms with E-state index in [4.69, 9.17) is 5.73 Å². The first kappa shape index (κ1) is 12.2. The third-order valence-electron chi connectivity index (χ3n) is 2.63. The third kappa shape index (κ3) is 2.88. The number of anilines is 2. The number of aromatic nitrogens is 2. The SMILES string of the molecule is Cc1cnn(CC(=O)Nc2ccc(C)c(N)c2)c1. The molecular formula is C13H16N4O. The molecule has 2 aromatic rings. The van der Waals surface area contributed by atoms with Crippen molar-refractivity contribution in [2.24, 2.45) is 0 Å². The van der Waals surface area contributed by atoms with Crippen LogP contribution in [0.25, 0.3) is 0 Å². The van der Waals surface area contributed by atoms with Crippen molar-refractivity contribution in [3.05, 3.63) is 41.7 Å². The Morgan fingerprint density at radius 3 is 2.83 bits per heavy atom. The molecule has 0 saturated carbocycles. The van der Waals surface area contributed by atoms with Gasteiger partial charge < -0.3 is 11.1 Å². The number of nitrogens with one attached hydrogen (secondary N) is 1. The minimum absolute atomic E-state index is 0.124. The summed E-state index contributed by atoms with van der Waals surface area (Å²) in [6, 6.07) is 5.46. The van der Waals surface area contributed by atoms with E-state index in [1.54, 1.807) is 16.9 Å². The summed E-state index contributed by atoms with van der Waals surface area (Å²) in [7, 11) is 0. The van der Waals surface area contributed by atoms with Gasteiger partial charge in [0.05, 0.1) is 6.20 Å². The van der Waals surface area contributed by atoms with Crippen molar-refractivity contribution >= 4 is 17.3 Å². The minimum Gasteiger partial charge on any atom is -0.398 e. The van der Waals surface area contributed by atoms with Crippen LogP contribution >= 0.6 is 0 Å². The van der Waals surface area contributed by atoms with Crippen LogP contribution in [0.3, 0.4) is 0 Å². The summed E-state index contributed by atoms with van der Waals surface area (Å²) in [5, 5.41) is 6.85. The van der Waals surface area contributed by atoms with Crippen molar-refractivity contribution in [3.63, 3.8) is 0 Å². The highest BCUT2D eigenvalue weighted by Crippen LogP contribution is 2.16. The highest BCUT2D eigenvalue weighted by atomic mass is 16.2. The van der Waals surface area contributed by atoms with Gasteiger partial charge in [0.15, 0.2) is 0 Å². The average molecular weight is 244 g/mol. The van der Waals surface area contributed by atoms with Gasteiger partial charge in [-0.05, 0) is 37.1 Å². The molecule has 5 heteroatoms. The number of carbonyl (C=O) groups is 1. The third-order valence-corrected chi connectivity index (χ3v) is 2.63. The number of amides is 1. The monoisotopic (exact) mass is 244 g/mol. The van der Waals surface area contributed by atoms with Gasteiger partial charge in [-0.15, -0.1) is 0 Å². The summed E-state index contributed by atoms with van der Waals surface area (Å²) in [5.74, 6) is -0.124. The maximum absolute atomic E-state index is 11.8. The first-order valence-corrected chi connectivity index (χ1v) is 5.69. The van der Waals surface area contributed by atoms with Crippen molar-refractivity contribution in [3.8, 4) is 0 Å². The molecule has 0 spiro atoms. The van der Waals surface area contributed by atoms with Crippen molar-refractivity contribution in [1.29, 1.82) is 0 Å². The Morgan fingerprint density at radius 2 is 2.22 bits per heavy atom. The van der Waals surface area contributed by atoms with Crippen LogP contribution in [0.2, 0.25) is 0 Å². The van der Waals surface area contributed by atoms with Gasteiger partial charge in [0.1, 0.15) is 6.54 Å². The number of hydrogen-bond acceptors (Lipinski definition) is 3. The lowest BCUT2D eigenvalue weighted by atomic mass is 10.2. The maximum Gasteiger partial charge on any atom is 0.246 e. The number of nitrogen functional groups attached to an aromatic ring is 1. The van der Waals surface area contributed by atoms with Gasteiger partial charge in [0.2, 0.25) is 5.91 Å². The van der Waals surface area contributed by atoms with Crippen LogP contribution in [0.4, 0.5) is 11.4 Å². The summed E-state index contributed by atoms with van der Waals surface area (Å²) < 4.78 is 1.60. The quantitative estimate of drug-likeness (QED) is 0.807. The molecule has 0 bridgehead atoms. The molecule has 0 saturated heterocycles. The molecule has 94 valence electrons. The highest BCUT2D eigenvalue weighted by molar-refractivity contribution is 5.91. The van der Waals surface area contributed by atoms with Gasteiger partial charge in [-0.3, -0.25) is 9.48 Å². The zero-order chi connectivity index (χ0) is 13.1. The van der Waals surface area contributed by atoms with Crippen LogP contribution in [0, 0.1) is 13.8 Å². The molecule has 1 aromatic carbocycles. The van der Waals surface area contributed by atoms with E-state index >= 15 is 0 Å². The van der Waals surface area contributed by atoms with Crippen LogP contribution in [-0.2, 0) is 11.3 Å². The van der Waals surface area contributed by atoms with Gasteiger partial charge in [0, 0.05) is 17.6 Å². The van der Waals surface area contributed by atoms with Crippen molar-refractivity contribution in [2.75, 3.05) is 11.1 Å². The molecule has 18 heavy (non-hydrogen) atoms. The van der Waals surface area contributed by atoms with Crippen molar-refractivity contribution in [2.45, 2.75) is 20.4 Å². The minimum atomic E-state index is -0.124. The van der Waals surface area contributed by atoms with E-state index in [0.717, 1.165) is 11.1 Å². The Balaban J connectivity index is 2.00. The van der Waals surface area contributed by atoms with Crippen LogP contribution < -0.4 is 11.1 Å². The van der Waals surface area contributed by atoms with Gasteiger partial charge in [0.25, 0.3) is 0 Å². The molecule has 3 N–H and O–H groups in total. The predicted molar refractivity (Wildman–Crippen MR) is 71.2 cm³/mol. The van der Waals surface area contributed by atoms with Crippen molar-refractivity contribution in [1.82, 2.24) is 9.78 Å². The van der Waals surface area contributed by atoms with E-state index in [1.807, 2.05) is 32.2 Å². The summed E-state index contributed by atoms with van der Waals surface area (Å²) >= 11 is 0. The molecule has 0 aliphatic carbocycles. The summed E-state index contributed by atoms with van der Waals surface area (Å²) in [4.78, 5) is 11.8. The van der Waals surface area contributed by atoms with Gasteiger partial charge in [-0.25, -0.2) is 0 Å². The lowest BCUT2D eigenvalue weighted by Gasteiger charge is -2.07. The highest BCUT2D eigenvalue weighted by Gasteiger charge is 2.05. The Hall–Kier alpha value is -2.30. The second kappa shape index (κ2) is 4.91. The molecule has 0 aliphatic heterocycles. The smallest absolute Gasteiger partial charge is 0.246 e. The van der Waals surface area contributed by atoms with Crippen LogP contribution in [-0.4, -0.2) is 15.7 Å². The number of carbonyl (C=O) groups excluding carboxylic acids is 1. The molecule has 0 radical (unpaired) electrons. The Labute approximate surface area is 106 Å². The normalized spacial score (nSPS) is 10.3. The Bertz CT molecular complexity index is 574. The molecule has 0 fully saturated rings. The maximum atomic E-state index is 11.8. The number of hydrogen-bond donors (Lipinski definition) is 2. The second-order valence-electron chi connectivity index (χ2n) is 4.33. The molecule has 1 amide bonds.